The van der Waals surface area contributed by atoms with E-state index < -0.39 is 11.4 Å². The molecule has 0 unspecified atom stereocenters. The molecule has 0 saturated heterocycles. The Labute approximate surface area is 128 Å². The molecule has 1 aromatic rings. The molecule has 2 rings (SSSR count). The Balaban J connectivity index is 1.89. The highest BCUT2D eigenvalue weighted by Gasteiger charge is 2.33. The van der Waals surface area contributed by atoms with Gasteiger partial charge in [0.25, 0.3) is 0 Å². The number of nitrogens with one attached hydrogen (secondary N) is 2. The SMILES string of the molecule is N#CC1(NC(=O)CNc2ccc(F)c(Cl)c2)CCCCC1. The Hall–Kier alpha value is -1.80. The number of halogens is 2. The molecule has 112 valence electrons. The maximum atomic E-state index is 13.0. The van der Waals surface area contributed by atoms with Crippen molar-refractivity contribution in [1.82, 2.24) is 5.32 Å². The summed E-state index contributed by atoms with van der Waals surface area (Å²) in [5.41, 5.74) is -0.177. The first kappa shape index (κ1) is 15.6. The molecule has 1 aromatic carbocycles. The molecule has 4 nitrogen and oxygen atoms in total. The molecule has 0 aliphatic heterocycles. The third-order valence-electron chi connectivity index (χ3n) is 3.67. The third-order valence-corrected chi connectivity index (χ3v) is 3.96. The molecule has 1 saturated carbocycles. The summed E-state index contributed by atoms with van der Waals surface area (Å²) in [7, 11) is 0. The summed E-state index contributed by atoms with van der Waals surface area (Å²) >= 11 is 5.67. The first-order valence-corrected chi connectivity index (χ1v) is 7.34. The van der Waals surface area contributed by atoms with E-state index in [1.807, 2.05) is 0 Å². The number of nitriles is 1. The Morgan fingerprint density at radius 3 is 2.71 bits per heavy atom. The quantitative estimate of drug-likeness (QED) is 0.897. The Bertz CT molecular complexity index is 565. The lowest BCUT2D eigenvalue weighted by atomic mass is 9.83. The maximum absolute atomic E-state index is 13.0. The topological polar surface area (TPSA) is 64.9 Å². The first-order valence-electron chi connectivity index (χ1n) is 6.96. The first-order chi connectivity index (χ1) is 10.0. The minimum Gasteiger partial charge on any atom is -0.376 e. The number of nitrogens with zero attached hydrogens (tertiary/aromatic N) is 1. The number of rotatable bonds is 4. The van der Waals surface area contributed by atoms with Crippen LogP contribution in [0.1, 0.15) is 32.1 Å². The van der Waals surface area contributed by atoms with Crippen LogP contribution < -0.4 is 10.6 Å². The molecule has 0 bridgehead atoms. The van der Waals surface area contributed by atoms with E-state index in [-0.39, 0.29) is 17.5 Å². The Morgan fingerprint density at radius 2 is 2.10 bits per heavy atom. The van der Waals surface area contributed by atoms with Crippen molar-refractivity contribution in [3.8, 4) is 6.07 Å². The molecule has 0 heterocycles. The van der Waals surface area contributed by atoms with Crippen molar-refractivity contribution in [2.75, 3.05) is 11.9 Å². The van der Waals surface area contributed by atoms with Crippen molar-refractivity contribution < 1.29 is 9.18 Å². The predicted octanol–water partition coefficient (Wildman–Crippen LogP) is 3.23. The van der Waals surface area contributed by atoms with Crippen LogP contribution in [0.5, 0.6) is 0 Å². The second-order valence-corrected chi connectivity index (χ2v) is 5.69. The standard InChI is InChI=1S/C15H17ClFN3O/c16-12-8-11(4-5-13(12)17)19-9-14(21)20-15(10-18)6-2-1-3-7-15/h4-5,8,19H,1-3,6-7,9H2,(H,20,21). The molecule has 1 aliphatic carbocycles. The summed E-state index contributed by atoms with van der Waals surface area (Å²) in [4.78, 5) is 12.0. The van der Waals surface area contributed by atoms with E-state index in [2.05, 4.69) is 16.7 Å². The van der Waals surface area contributed by atoms with Crippen molar-refractivity contribution in [3.63, 3.8) is 0 Å². The van der Waals surface area contributed by atoms with Crippen molar-refractivity contribution in [2.45, 2.75) is 37.6 Å². The Kier molecular flexibility index (Phi) is 5.03. The van der Waals surface area contributed by atoms with Gasteiger partial charge in [0.05, 0.1) is 17.6 Å². The van der Waals surface area contributed by atoms with Crippen LogP contribution in [0.4, 0.5) is 10.1 Å². The van der Waals surface area contributed by atoms with Gasteiger partial charge in [0, 0.05) is 5.69 Å². The number of amides is 1. The highest BCUT2D eigenvalue weighted by atomic mass is 35.5. The minimum absolute atomic E-state index is 0.00110. The molecule has 21 heavy (non-hydrogen) atoms. The molecule has 0 spiro atoms. The normalized spacial score (nSPS) is 16.8. The van der Waals surface area contributed by atoms with Crippen molar-refractivity contribution in [1.29, 1.82) is 5.26 Å². The van der Waals surface area contributed by atoms with Crippen LogP contribution in [0.15, 0.2) is 18.2 Å². The van der Waals surface area contributed by atoms with Gasteiger partial charge in [-0.1, -0.05) is 30.9 Å². The average molecular weight is 310 g/mol. The number of carbonyl (C=O) groups excluding carboxylic acids is 1. The van der Waals surface area contributed by atoms with Crippen LogP contribution in [0.25, 0.3) is 0 Å². The number of hydrogen-bond donors (Lipinski definition) is 2. The average Bonchev–Trinajstić information content (AvgIpc) is 2.49. The molecule has 6 heteroatoms. The van der Waals surface area contributed by atoms with Crippen molar-refractivity contribution >= 4 is 23.2 Å². The third kappa shape index (κ3) is 4.08. The molecule has 1 amide bonds. The van der Waals surface area contributed by atoms with Gasteiger partial charge in [-0.25, -0.2) is 4.39 Å². The van der Waals surface area contributed by atoms with E-state index >= 15 is 0 Å². The minimum atomic E-state index is -0.739. The lowest BCUT2D eigenvalue weighted by molar-refractivity contribution is -0.121. The zero-order valence-electron chi connectivity index (χ0n) is 11.6. The number of benzene rings is 1. The summed E-state index contributed by atoms with van der Waals surface area (Å²) in [5.74, 6) is -0.754. The van der Waals surface area contributed by atoms with E-state index in [9.17, 15) is 14.4 Å². The second-order valence-electron chi connectivity index (χ2n) is 5.29. The van der Waals surface area contributed by atoms with E-state index in [0.29, 0.717) is 18.5 Å². The van der Waals surface area contributed by atoms with E-state index in [4.69, 9.17) is 11.6 Å². The summed E-state index contributed by atoms with van der Waals surface area (Å²) in [5, 5.41) is 15.0. The van der Waals surface area contributed by atoms with Crippen LogP contribution in [-0.4, -0.2) is 18.0 Å². The highest BCUT2D eigenvalue weighted by Crippen LogP contribution is 2.27. The van der Waals surface area contributed by atoms with Crippen molar-refractivity contribution in [3.05, 3.63) is 29.0 Å². The molecule has 0 atom stereocenters. The molecule has 1 aliphatic rings. The second kappa shape index (κ2) is 6.77. The summed E-state index contributed by atoms with van der Waals surface area (Å²) in [6.45, 7) is 0.0192. The van der Waals surface area contributed by atoms with Gasteiger partial charge in [-0.15, -0.1) is 0 Å². The summed E-state index contributed by atoms with van der Waals surface area (Å²) in [6, 6.07) is 6.40. The lowest BCUT2D eigenvalue weighted by Crippen LogP contribution is -2.50. The van der Waals surface area contributed by atoms with Gasteiger partial charge >= 0.3 is 0 Å². The van der Waals surface area contributed by atoms with Gasteiger partial charge in [-0.05, 0) is 31.0 Å². The highest BCUT2D eigenvalue weighted by molar-refractivity contribution is 6.31. The largest absolute Gasteiger partial charge is 0.376 e. The summed E-state index contributed by atoms with van der Waals surface area (Å²) in [6.07, 6.45) is 4.39. The maximum Gasteiger partial charge on any atom is 0.240 e. The molecule has 0 aromatic heterocycles. The van der Waals surface area contributed by atoms with Crippen molar-refractivity contribution in [2.24, 2.45) is 0 Å². The predicted molar refractivity (Wildman–Crippen MR) is 79.5 cm³/mol. The van der Waals surface area contributed by atoms with Crippen LogP contribution in [0.2, 0.25) is 5.02 Å². The monoisotopic (exact) mass is 309 g/mol. The number of carbonyl (C=O) groups is 1. The van der Waals surface area contributed by atoms with Crippen LogP contribution >= 0.6 is 11.6 Å². The Morgan fingerprint density at radius 1 is 1.38 bits per heavy atom. The molecule has 2 N–H and O–H groups in total. The van der Waals surface area contributed by atoms with Gasteiger partial charge in [-0.2, -0.15) is 5.26 Å². The van der Waals surface area contributed by atoms with Crippen LogP contribution in [-0.2, 0) is 4.79 Å². The fourth-order valence-electron chi connectivity index (χ4n) is 2.52. The van der Waals surface area contributed by atoms with Crippen LogP contribution in [0, 0.1) is 17.1 Å². The van der Waals surface area contributed by atoms with Gasteiger partial charge < -0.3 is 10.6 Å². The van der Waals surface area contributed by atoms with E-state index in [0.717, 1.165) is 19.3 Å². The number of hydrogen-bond acceptors (Lipinski definition) is 3. The molecular weight excluding hydrogens is 293 g/mol. The van der Waals surface area contributed by atoms with Crippen LogP contribution in [0.3, 0.4) is 0 Å². The van der Waals surface area contributed by atoms with Gasteiger partial charge in [0.15, 0.2) is 0 Å². The molecule has 0 radical (unpaired) electrons. The fourth-order valence-corrected chi connectivity index (χ4v) is 2.70. The van der Waals surface area contributed by atoms with Gasteiger partial charge in [-0.3, -0.25) is 4.79 Å². The number of anilines is 1. The van der Waals surface area contributed by atoms with E-state index in [1.165, 1.54) is 18.2 Å². The smallest absolute Gasteiger partial charge is 0.240 e. The zero-order chi connectivity index (χ0) is 15.3. The van der Waals surface area contributed by atoms with Gasteiger partial charge in [0.2, 0.25) is 5.91 Å². The van der Waals surface area contributed by atoms with E-state index in [1.54, 1.807) is 0 Å². The fraction of sp³-hybridized carbons (Fsp3) is 0.467. The molecular formula is C15H17ClFN3O. The van der Waals surface area contributed by atoms with Gasteiger partial charge in [0.1, 0.15) is 11.4 Å². The zero-order valence-corrected chi connectivity index (χ0v) is 12.3. The lowest BCUT2D eigenvalue weighted by Gasteiger charge is -2.31. The summed E-state index contributed by atoms with van der Waals surface area (Å²) < 4.78 is 13.0. The molecule has 1 fully saturated rings.